The van der Waals surface area contributed by atoms with E-state index in [0.29, 0.717) is 0 Å². The van der Waals surface area contributed by atoms with Crippen molar-refractivity contribution in [3.63, 3.8) is 0 Å². The molecule has 0 atom stereocenters. The van der Waals surface area contributed by atoms with Gasteiger partial charge in [0.05, 0.1) is 0 Å². The maximum Gasteiger partial charge on any atom is 0.500 e. The molecule has 0 aromatic heterocycles. The summed E-state index contributed by atoms with van der Waals surface area (Å²) in [5, 5.41) is 0. The number of aryl methyl sites for hydroxylation is 4. The van der Waals surface area contributed by atoms with Crippen LogP contribution in [0, 0.1) is 13.8 Å². The van der Waals surface area contributed by atoms with Gasteiger partial charge in [0.25, 0.3) is 0 Å². The fourth-order valence-corrected chi connectivity index (χ4v) is 19.6. The average Bonchev–Trinajstić information content (AvgIpc) is 2.98. The fraction of sp³-hybridized carbons (Fsp3) is 0.538. The van der Waals surface area contributed by atoms with Gasteiger partial charge in [-0.15, -0.1) is 0 Å². The van der Waals surface area contributed by atoms with Crippen molar-refractivity contribution >= 4 is 78.5 Å². The highest BCUT2D eigenvalue weighted by Gasteiger charge is 2.37. The third-order valence-electron chi connectivity index (χ3n) is 6.63. The van der Waals surface area contributed by atoms with Gasteiger partial charge >= 0.3 is 17.6 Å². The number of rotatable bonds is 21. The molecule has 0 bridgehead atoms. The van der Waals surface area contributed by atoms with Crippen LogP contribution in [0.25, 0.3) is 0 Å². The minimum Gasteiger partial charge on any atom is -0.377 e. The van der Waals surface area contributed by atoms with Gasteiger partial charge in [0.2, 0.25) is 0 Å². The molecular weight excluding hydrogens is 657 g/mol. The summed E-state index contributed by atoms with van der Waals surface area (Å²) in [5.74, 6) is 0. The predicted molar refractivity (Wildman–Crippen MR) is 184 cm³/mol. The third kappa shape index (κ3) is 11.3. The summed E-state index contributed by atoms with van der Waals surface area (Å²) < 4.78 is 33.5. The Morgan fingerprint density at radius 2 is 0.875 bits per heavy atom. The van der Waals surface area contributed by atoms with Crippen molar-refractivity contribution < 1.29 is 26.6 Å². The molecule has 0 fully saturated rings. The highest BCUT2D eigenvalue weighted by Crippen LogP contribution is 2.56. The summed E-state index contributed by atoms with van der Waals surface area (Å²) in [7, 11) is 15.9. The molecule has 0 unspecified atom stereocenters. The molecule has 0 amide bonds. The van der Waals surface area contributed by atoms with E-state index >= 15 is 0 Å². The molecule has 0 N–H and O–H groups in total. The molecule has 0 saturated carbocycles. The minimum absolute atomic E-state index is 0.801. The van der Waals surface area contributed by atoms with Gasteiger partial charge in [-0.25, -0.2) is 0 Å². The van der Waals surface area contributed by atoms with Crippen molar-refractivity contribution in [1.82, 2.24) is 0 Å². The fourth-order valence-electron chi connectivity index (χ4n) is 4.28. The first kappa shape index (κ1) is 36.9. The maximum absolute atomic E-state index is 5.58. The van der Waals surface area contributed by atoms with Crippen molar-refractivity contribution in [3.05, 3.63) is 58.7 Å². The van der Waals surface area contributed by atoms with Crippen LogP contribution in [0.1, 0.15) is 35.1 Å². The standard InChI is InChI=1S/C26H42O6S6Si2/c1-21-13-9-15-23(17-11-19-39(27-3,28-4)29-5)25(21)33-35-37-38-36-34-26-22(2)14-10-16-24(26)18-12-20-40(30-6,31-7)32-8/h9-10,13-16H,11-12,17-20H2,1-8H3. The molecule has 40 heavy (non-hydrogen) atoms. The van der Waals surface area contributed by atoms with Crippen LogP contribution in [-0.2, 0) is 39.4 Å². The maximum atomic E-state index is 5.58. The zero-order valence-electron chi connectivity index (χ0n) is 24.6. The van der Waals surface area contributed by atoms with Crippen molar-refractivity contribution in [1.29, 1.82) is 0 Å². The lowest BCUT2D eigenvalue weighted by molar-refractivity contribution is 0.122. The molecule has 2 aromatic carbocycles. The Balaban J connectivity index is 1.84. The first-order valence-electron chi connectivity index (χ1n) is 12.8. The molecule has 0 spiro atoms. The van der Waals surface area contributed by atoms with E-state index in [4.69, 9.17) is 26.6 Å². The lowest BCUT2D eigenvalue weighted by Crippen LogP contribution is -2.42. The van der Waals surface area contributed by atoms with Crippen molar-refractivity contribution in [2.24, 2.45) is 0 Å². The van der Waals surface area contributed by atoms with Gasteiger partial charge in [-0.1, -0.05) is 36.4 Å². The van der Waals surface area contributed by atoms with E-state index in [1.54, 1.807) is 62.3 Å². The van der Waals surface area contributed by atoms with Crippen LogP contribution in [-0.4, -0.2) is 60.3 Å². The number of hydrogen-bond acceptors (Lipinski definition) is 12. The van der Waals surface area contributed by atoms with Crippen molar-refractivity contribution in [2.45, 2.75) is 61.4 Å². The summed E-state index contributed by atoms with van der Waals surface area (Å²) in [6.07, 6.45) is 3.86. The van der Waals surface area contributed by atoms with E-state index in [-0.39, 0.29) is 0 Å². The summed E-state index contributed by atoms with van der Waals surface area (Å²) in [5.41, 5.74) is 5.35. The topological polar surface area (TPSA) is 55.4 Å². The van der Waals surface area contributed by atoms with E-state index in [0.717, 1.165) is 37.8 Å². The molecule has 0 saturated heterocycles. The molecule has 0 aliphatic heterocycles. The first-order valence-corrected chi connectivity index (χ1v) is 24.2. The van der Waals surface area contributed by atoms with Crippen LogP contribution in [0.4, 0.5) is 0 Å². The van der Waals surface area contributed by atoms with Gasteiger partial charge in [-0.3, -0.25) is 0 Å². The second-order valence-electron chi connectivity index (χ2n) is 8.86. The van der Waals surface area contributed by atoms with Gasteiger partial charge in [0.1, 0.15) is 0 Å². The summed E-state index contributed by atoms with van der Waals surface area (Å²) >= 11 is 0. The van der Waals surface area contributed by atoms with Gasteiger partial charge in [0.15, 0.2) is 0 Å². The second kappa shape index (κ2) is 19.9. The smallest absolute Gasteiger partial charge is 0.377 e. The Kier molecular flexibility index (Phi) is 18.4. The minimum atomic E-state index is -2.54. The molecule has 0 aliphatic rings. The van der Waals surface area contributed by atoms with E-state index in [1.165, 1.54) is 32.0 Å². The van der Waals surface area contributed by atoms with Crippen LogP contribution < -0.4 is 0 Å². The van der Waals surface area contributed by atoms with Crippen LogP contribution in [0.2, 0.25) is 12.1 Å². The molecule has 14 heteroatoms. The Bertz CT molecular complexity index is 918. The zero-order chi connectivity index (χ0) is 29.4. The Hall–Kier alpha value is 0.734. The second-order valence-corrected chi connectivity index (χ2v) is 24.3. The van der Waals surface area contributed by atoms with E-state index in [9.17, 15) is 0 Å². The molecule has 0 heterocycles. The van der Waals surface area contributed by atoms with Crippen LogP contribution in [0.3, 0.4) is 0 Å². The summed E-state index contributed by atoms with van der Waals surface area (Å²) in [6, 6.07) is 14.7. The first-order chi connectivity index (χ1) is 19.3. The van der Waals surface area contributed by atoms with Gasteiger partial charge < -0.3 is 26.6 Å². The molecular formula is C26H42O6S6Si2. The molecule has 2 rings (SSSR count). The largest absolute Gasteiger partial charge is 0.500 e. The summed E-state index contributed by atoms with van der Waals surface area (Å²) in [4.78, 5) is 2.70. The number of hydrogen-bond donors (Lipinski definition) is 0. The molecule has 2 aromatic rings. The van der Waals surface area contributed by atoms with E-state index < -0.39 is 17.6 Å². The Morgan fingerprint density at radius 3 is 1.20 bits per heavy atom. The van der Waals surface area contributed by atoms with Gasteiger partial charge in [-0.05, 0) is 123 Å². The van der Waals surface area contributed by atoms with Gasteiger partial charge in [-0.2, -0.15) is 0 Å². The van der Waals surface area contributed by atoms with Crippen LogP contribution in [0.5, 0.6) is 0 Å². The molecule has 6 nitrogen and oxygen atoms in total. The van der Waals surface area contributed by atoms with E-state index in [1.807, 2.05) is 41.2 Å². The Morgan fingerprint density at radius 1 is 0.525 bits per heavy atom. The van der Waals surface area contributed by atoms with Crippen LogP contribution >= 0.6 is 60.9 Å². The van der Waals surface area contributed by atoms with E-state index in [2.05, 4.69) is 50.2 Å². The normalized spacial score (nSPS) is 12.3. The average molecular weight is 699 g/mol. The summed E-state index contributed by atoms with van der Waals surface area (Å²) in [6.45, 7) is 4.37. The lowest BCUT2D eigenvalue weighted by atomic mass is 10.1. The number of benzene rings is 2. The zero-order valence-corrected chi connectivity index (χ0v) is 31.5. The molecule has 0 aliphatic carbocycles. The lowest BCUT2D eigenvalue weighted by Gasteiger charge is -2.24. The van der Waals surface area contributed by atoms with Crippen molar-refractivity contribution in [3.8, 4) is 0 Å². The highest BCUT2D eigenvalue weighted by molar-refractivity contribution is 9.41. The molecule has 226 valence electrons. The van der Waals surface area contributed by atoms with Gasteiger partial charge in [0, 0.05) is 64.5 Å². The van der Waals surface area contributed by atoms with Crippen LogP contribution in [0.15, 0.2) is 46.2 Å². The predicted octanol–water partition coefficient (Wildman–Crippen LogP) is 9.32. The Labute approximate surface area is 266 Å². The SMILES string of the molecule is CO[Si](CCCc1cccc(C)c1SSSSSSc1c(C)cccc1CCC[Si](OC)(OC)OC)(OC)OC. The quantitative estimate of drug-likeness (QED) is 0.0710. The highest BCUT2D eigenvalue weighted by atomic mass is 33.9. The monoisotopic (exact) mass is 698 g/mol. The third-order valence-corrected chi connectivity index (χ3v) is 23.2. The molecule has 0 radical (unpaired) electrons. The van der Waals surface area contributed by atoms with Crippen molar-refractivity contribution in [2.75, 3.05) is 42.7 Å².